The van der Waals surface area contributed by atoms with Gasteiger partial charge in [-0.25, -0.2) is 0 Å². The van der Waals surface area contributed by atoms with Gasteiger partial charge < -0.3 is 15.2 Å². The summed E-state index contributed by atoms with van der Waals surface area (Å²) in [4.78, 5) is 0. The number of phenols is 1. The highest BCUT2D eigenvalue weighted by atomic mass is 16.5. The van der Waals surface area contributed by atoms with Crippen LogP contribution in [0.25, 0.3) is 0 Å². The van der Waals surface area contributed by atoms with Crippen LogP contribution >= 0.6 is 0 Å². The summed E-state index contributed by atoms with van der Waals surface area (Å²) in [6, 6.07) is 6.01. The molecule has 3 nitrogen and oxygen atoms in total. The minimum Gasteiger partial charge on any atom is -0.504 e. The van der Waals surface area contributed by atoms with E-state index in [9.17, 15) is 5.11 Å². The molecule has 15 heavy (non-hydrogen) atoms. The molecule has 1 atom stereocenters. The molecule has 1 heterocycles. The Hall–Kier alpha value is -1.22. The van der Waals surface area contributed by atoms with Crippen molar-refractivity contribution in [2.24, 2.45) is 0 Å². The second kappa shape index (κ2) is 4.53. The van der Waals surface area contributed by atoms with Gasteiger partial charge in [0, 0.05) is 6.04 Å². The fraction of sp³-hybridized carbons (Fsp3) is 0.500. The van der Waals surface area contributed by atoms with Crippen molar-refractivity contribution in [3.63, 3.8) is 0 Å². The highest BCUT2D eigenvalue weighted by Gasteiger charge is 2.15. The van der Waals surface area contributed by atoms with E-state index in [1.807, 2.05) is 12.1 Å². The lowest BCUT2D eigenvalue weighted by Crippen LogP contribution is -2.26. The third kappa shape index (κ3) is 2.23. The zero-order valence-electron chi connectivity index (χ0n) is 8.99. The van der Waals surface area contributed by atoms with Crippen LogP contribution in [-0.4, -0.2) is 18.8 Å². The molecule has 1 aliphatic rings. The second-order valence-corrected chi connectivity index (χ2v) is 3.93. The maximum absolute atomic E-state index is 9.67. The summed E-state index contributed by atoms with van der Waals surface area (Å²) in [7, 11) is 1.56. The van der Waals surface area contributed by atoms with Gasteiger partial charge >= 0.3 is 0 Å². The number of hydrogen-bond acceptors (Lipinski definition) is 3. The number of benzene rings is 1. The first-order valence-electron chi connectivity index (χ1n) is 5.41. The minimum absolute atomic E-state index is 0.224. The highest BCUT2D eigenvalue weighted by molar-refractivity contribution is 5.42. The van der Waals surface area contributed by atoms with Crippen LogP contribution in [0.4, 0.5) is 0 Å². The van der Waals surface area contributed by atoms with Crippen LogP contribution in [0, 0.1) is 0 Å². The molecule has 3 heteroatoms. The Labute approximate surface area is 90.1 Å². The molecule has 0 unspecified atom stereocenters. The SMILES string of the molecule is COc1ccc([C@@H]2CCCCN2)cc1O. The van der Waals surface area contributed by atoms with Crippen molar-refractivity contribution in [1.82, 2.24) is 5.32 Å². The van der Waals surface area contributed by atoms with Gasteiger partial charge in [-0.2, -0.15) is 0 Å². The predicted molar refractivity (Wildman–Crippen MR) is 59.3 cm³/mol. The molecule has 0 amide bonds. The van der Waals surface area contributed by atoms with Crippen LogP contribution in [0.3, 0.4) is 0 Å². The maximum atomic E-state index is 9.67. The summed E-state index contributed by atoms with van der Waals surface area (Å²) >= 11 is 0. The number of hydrogen-bond donors (Lipinski definition) is 2. The maximum Gasteiger partial charge on any atom is 0.160 e. The third-order valence-corrected chi connectivity index (χ3v) is 2.92. The number of ether oxygens (including phenoxy) is 1. The molecule has 0 aliphatic carbocycles. The first-order valence-corrected chi connectivity index (χ1v) is 5.41. The topological polar surface area (TPSA) is 41.5 Å². The summed E-state index contributed by atoms with van der Waals surface area (Å²) in [6.07, 6.45) is 3.65. The second-order valence-electron chi connectivity index (χ2n) is 3.93. The van der Waals surface area contributed by atoms with E-state index in [1.54, 1.807) is 13.2 Å². The summed E-state index contributed by atoms with van der Waals surface area (Å²) in [5.74, 6) is 0.761. The first kappa shape index (κ1) is 10.3. The van der Waals surface area contributed by atoms with Gasteiger partial charge in [0.15, 0.2) is 11.5 Å². The van der Waals surface area contributed by atoms with E-state index in [0.29, 0.717) is 11.8 Å². The van der Waals surface area contributed by atoms with Crippen molar-refractivity contribution >= 4 is 0 Å². The molecular weight excluding hydrogens is 190 g/mol. The van der Waals surface area contributed by atoms with E-state index in [4.69, 9.17) is 4.74 Å². The fourth-order valence-corrected chi connectivity index (χ4v) is 2.06. The molecule has 0 radical (unpaired) electrons. The summed E-state index contributed by atoms with van der Waals surface area (Å²) < 4.78 is 5.02. The van der Waals surface area contributed by atoms with Gasteiger partial charge in [0.2, 0.25) is 0 Å². The van der Waals surface area contributed by atoms with Gasteiger partial charge in [0.25, 0.3) is 0 Å². The molecule has 0 saturated carbocycles. The number of nitrogens with one attached hydrogen (secondary N) is 1. The average Bonchev–Trinajstić information content (AvgIpc) is 2.30. The van der Waals surface area contributed by atoms with E-state index in [0.717, 1.165) is 18.5 Å². The van der Waals surface area contributed by atoms with Gasteiger partial charge in [-0.15, -0.1) is 0 Å². The Morgan fingerprint density at radius 1 is 1.40 bits per heavy atom. The highest BCUT2D eigenvalue weighted by Crippen LogP contribution is 2.31. The monoisotopic (exact) mass is 207 g/mol. The number of methoxy groups -OCH3 is 1. The van der Waals surface area contributed by atoms with Crippen LogP contribution in [0.15, 0.2) is 18.2 Å². The molecule has 0 bridgehead atoms. The van der Waals surface area contributed by atoms with Crippen molar-refractivity contribution in [2.75, 3.05) is 13.7 Å². The van der Waals surface area contributed by atoms with Gasteiger partial charge in [-0.1, -0.05) is 12.5 Å². The van der Waals surface area contributed by atoms with E-state index in [-0.39, 0.29) is 5.75 Å². The summed E-state index contributed by atoms with van der Waals surface area (Å²) in [6.45, 7) is 1.07. The Kier molecular flexibility index (Phi) is 3.11. The van der Waals surface area contributed by atoms with E-state index in [2.05, 4.69) is 5.32 Å². The molecule has 0 aromatic heterocycles. The largest absolute Gasteiger partial charge is 0.504 e. The van der Waals surface area contributed by atoms with Crippen LogP contribution in [0.2, 0.25) is 0 Å². The fourth-order valence-electron chi connectivity index (χ4n) is 2.06. The van der Waals surface area contributed by atoms with E-state index >= 15 is 0 Å². The van der Waals surface area contributed by atoms with E-state index in [1.165, 1.54) is 12.8 Å². The molecule has 2 rings (SSSR count). The molecule has 1 saturated heterocycles. The smallest absolute Gasteiger partial charge is 0.160 e. The lowest BCUT2D eigenvalue weighted by molar-refractivity contribution is 0.369. The van der Waals surface area contributed by atoms with Crippen molar-refractivity contribution < 1.29 is 9.84 Å². The van der Waals surface area contributed by atoms with Crippen LogP contribution in [0.1, 0.15) is 30.9 Å². The van der Waals surface area contributed by atoms with Crippen LogP contribution in [0.5, 0.6) is 11.5 Å². The Bertz CT molecular complexity index is 332. The standard InChI is InChI=1S/C12H17NO2/c1-15-12-6-5-9(8-11(12)14)10-4-2-3-7-13-10/h5-6,8,10,13-14H,2-4,7H2,1H3/t10-/m0/s1. The van der Waals surface area contributed by atoms with Crippen molar-refractivity contribution in [1.29, 1.82) is 0 Å². The normalized spacial score (nSPS) is 21.3. The lowest BCUT2D eigenvalue weighted by atomic mass is 9.97. The minimum atomic E-state index is 0.224. The Morgan fingerprint density at radius 2 is 2.27 bits per heavy atom. The van der Waals surface area contributed by atoms with Gasteiger partial charge in [0.05, 0.1) is 7.11 Å². The quantitative estimate of drug-likeness (QED) is 0.781. The predicted octanol–water partition coefficient (Wildman–Crippen LogP) is 2.22. The Balaban J connectivity index is 2.17. The summed E-state index contributed by atoms with van der Waals surface area (Å²) in [5.41, 5.74) is 1.15. The van der Waals surface area contributed by atoms with Crippen LogP contribution in [-0.2, 0) is 0 Å². The number of rotatable bonds is 2. The molecule has 1 aliphatic heterocycles. The zero-order chi connectivity index (χ0) is 10.7. The molecule has 1 fully saturated rings. The molecule has 82 valence electrons. The van der Waals surface area contributed by atoms with Gasteiger partial charge in [-0.3, -0.25) is 0 Å². The van der Waals surface area contributed by atoms with Crippen LogP contribution < -0.4 is 10.1 Å². The van der Waals surface area contributed by atoms with Crippen molar-refractivity contribution in [3.8, 4) is 11.5 Å². The molecule has 1 aromatic rings. The summed E-state index contributed by atoms with van der Waals surface area (Å²) in [5, 5.41) is 13.1. The number of phenolic OH excluding ortho intramolecular Hbond substituents is 1. The zero-order valence-corrected chi connectivity index (χ0v) is 8.99. The number of aromatic hydroxyl groups is 1. The third-order valence-electron chi connectivity index (χ3n) is 2.92. The van der Waals surface area contributed by atoms with Crippen molar-refractivity contribution in [2.45, 2.75) is 25.3 Å². The van der Waals surface area contributed by atoms with E-state index < -0.39 is 0 Å². The molecular formula is C12H17NO2. The lowest BCUT2D eigenvalue weighted by Gasteiger charge is -2.24. The van der Waals surface area contributed by atoms with Gasteiger partial charge in [0.1, 0.15) is 0 Å². The molecule has 1 aromatic carbocycles. The molecule has 0 spiro atoms. The Morgan fingerprint density at radius 3 is 2.87 bits per heavy atom. The molecule has 2 N–H and O–H groups in total. The first-order chi connectivity index (χ1) is 7.31. The number of piperidine rings is 1. The van der Waals surface area contributed by atoms with Gasteiger partial charge in [-0.05, 0) is 37.1 Å². The van der Waals surface area contributed by atoms with Crippen molar-refractivity contribution in [3.05, 3.63) is 23.8 Å². The average molecular weight is 207 g/mol.